The van der Waals surface area contributed by atoms with Gasteiger partial charge >= 0.3 is 0 Å². The van der Waals surface area contributed by atoms with Crippen LogP contribution >= 0.6 is 0 Å². The lowest BCUT2D eigenvalue weighted by molar-refractivity contribution is -0.0438. The molecule has 3 heterocycles. The molecular weight excluding hydrogens is 462 g/mol. The van der Waals surface area contributed by atoms with Crippen LogP contribution in [-0.2, 0) is 0 Å². The van der Waals surface area contributed by atoms with Crippen molar-refractivity contribution in [2.75, 3.05) is 18.1 Å². The molecule has 9 nitrogen and oxygen atoms in total. The third kappa shape index (κ3) is 3.09. The zero-order valence-corrected chi connectivity index (χ0v) is 19.3. The number of benzene rings is 3. The minimum Gasteiger partial charge on any atom is -0.508 e. The van der Waals surface area contributed by atoms with E-state index in [4.69, 9.17) is 0 Å². The van der Waals surface area contributed by atoms with Gasteiger partial charge in [-0.3, -0.25) is 19.2 Å². The smallest absolute Gasteiger partial charge is 0.276 e. The summed E-state index contributed by atoms with van der Waals surface area (Å²) in [4.78, 5) is 55.3. The van der Waals surface area contributed by atoms with Gasteiger partial charge in [-0.05, 0) is 67.8 Å². The molecule has 3 aromatic carbocycles. The molecule has 0 saturated carbocycles. The Morgan fingerprint density at radius 2 is 1.25 bits per heavy atom. The Hall–Kier alpha value is -4.08. The van der Waals surface area contributed by atoms with Crippen molar-refractivity contribution in [3.63, 3.8) is 0 Å². The number of imide groups is 2. The highest BCUT2D eigenvalue weighted by molar-refractivity contribution is 6.39. The Morgan fingerprint density at radius 1 is 0.722 bits per heavy atom. The van der Waals surface area contributed by atoms with E-state index in [2.05, 4.69) is 0 Å². The lowest BCUT2D eigenvalue weighted by Gasteiger charge is -2.43. The minimum atomic E-state index is -0.566. The number of carbonyl (C=O) groups excluding carboxylic acids is 4. The monoisotopic (exact) mass is 485 g/mol. The minimum absolute atomic E-state index is 0.00564. The molecule has 0 aromatic heterocycles. The van der Waals surface area contributed by atoms with Gasteiger partial charge in [0.25, 0.3) is 23.6 Å². The number of aliphatic hydroxyl groups is 1. The van der Waals surface area contributed by atoms with Crippen LogP contribution < -0.4 is 4.90 Å². The normalized spacial score (nSPS) is 20.0. The van der Waals surface area contributed by atoms with Gasteiger partial charge < -0.3 is 10.2 Å². The van der Waals surface area contributed by atoms with Crippen LogP contribution in [0.25, 0.3) is 10.8 Å². The summed E-state index contributed by atoms with van der Waals surface area (Å²) < 4.78 is 0. The molecule has 9 heteroatoms. The highest BCUT2D eigenvalue weighted by Gasteiger charge is 2.43. The summed E-state index contributed by atoms with van der Waals surface area (Å²) in [6, 6.07) is 11.7. The van der Waals surface area contributed by atoms with Crippen LogP contribution in [0.3, 0.4) is 0 Å². The SMILES string of the molecule is O=C1c2ccc3c4c(ccc(c24)C(=O)N1c1ccc(O)cc1)C(=O)N(N1CCCCC1CCO)C3=O. The second kappa shape index (κ2) is 8.25. The van der Waals surface area contributed by atoms with E-state index in [0.717, 1.165) is 24.2 Å². The maximum Gasteiger partial charge on any atom is 0.276 e. The molecule has 3 aromatic rings. The van der Waals surface area contributed by atoms with Crippen LogP contribution in [0.5, 0.6) is 5.75 Å². The van der Waals surface area contributed by atoms with Crippen LogP contribution in [0.1, 0.15) is 67.1 Å². The van der Waals surface area contributed by atoms with E-state index in [1.807, 2.05) is 0 Å². The first-order chi connectivity index (χ1) is 17.4. The van der Waals surface area contributed by atoms with Gasteiger partial charge in [0.05, 0.1) is 16.8 Å². The second-order valence-electron chi connectivity index (χ2n) is 9.28. The predicted octanol–water partition coefficient (Wildman–Crippen LogP) is 3.09. The zero-order valence-electron chi connectivity index (χ0n) is 19.3. The van der Waals surface area contributed by atoms with Crippen molar-refractivity contribution in [1.82, 2.24) is 10.0 Å². The van der Waals surface area contributed by atoms with Gasteiger partial charge in [-0.15, -0.1) is 0 Å². The summed E-state index contributed by atoms with van der Waals surface area (Å²) in [5.41, 5.74) is 1.28. The summed E-state index contributed by atoms with van der Waals surface area (Å²) in [5.74, 6) is -2.12. The largest absolute Gasteiger partial charge is 0.508 e. The summed E-state index contributed by atoms with van der Waals surface area (Å²) in [5, 5.41) is 22.7. The van der Waals surface area contributed by atoms with Crippen molar-refractivity contribution in [1.29, 1.82) is 0 Å². The molecule has 0 radical (unpaired) electrons. The maximum atomic E-state index is 13.7. The van der Waals surface area contributed by atoms with Crippen molar-refractivity contribution in [3.05, 3.63) is 70.8 Å². The first-order valence-electron chi connectivity index (χ1n) is 12.0. The average molecular weight is 485 g/mol. The molecule has 0 spiro atoms. The highest BCUT2D eigenvalue weighted by atomic mass is 16.3. The number of hydrogen-bond donors (Lipinski definition) is 2. The van der Waals surface area contributed by atoms with Crippen LogP contribution in [0, 0.1) is 0 Å². The molecule has 0 aliphatic carbocycles. The average Bonchev–Trinajstić information content (AvgIpc) is 2.88. The third-order valence-corrected chi connectivity index (χ3v) is 7.30. The number of phenols is 1. The van der Waals surface area contributed by atoms with Crippen molar-refractivity contribution in [3.8, 4) is 5.75 Å². The van der Waals surface area contributed by atoms with Gasteiger partial charge in [0.2, 0.25) is 0 Å². The van der Waals surface area contributed by atoms with Crippen molar-refractivity contribution >= 4 is 40.1 Å². The molecule has 1 fully saturated rings. The van der Waals surface area contributed by atoms with E-state index in [1.165, 1.54) is 41.4 Å². The maximum absolute atomic E-state index is 13.7. The second-order valence-corrected chi connectivity index (χ2v) is 9.28. The number of anilines is 1. The topological polar surface area (TPSA) is 118 Å². The molecule has 4 amide bonds. The molecule has 36 heavy (non-hydrogen) atoms. The van der Waals surface area contributed by atoms with Gasteiger partial charge in [-0.25, -0.2) is 14.9 Å². The van der Waals surface area contributed by atoms with E-state index >= 15 is 0 Å². The first-order valence-corrected chi connectivity index (χ1v) is 12.0. The number of amides is 4. The fourth-order valence-electron chi connectivity index (χ4n) is 5.62. The zero-order chi connectivity index (χ0) is 25.1. The predicted molar refractivity (Wildman–Crippen MR) is 130 cm³/mol. The number of aromatic hydroxyl groups is 1. The first kappa shape index (κ1) is 22.4. The molecule has 0 bridgehead atoms. The number of aliphatic hydroxyl groups excluding tert-OH is 1. The number of hydrogen-bond acceptors (Lipinski definition) is 7. The van der Waals surface area contributed by atoms with Crippen molar-refractivity contribution in [2.24, 2.45) is 0 Å². The number of carbonyl (C=O) groups is 4. The summed E-state index contributed by atoms with van der Waals surface area (Å²) in [6.45, 7) is 0.480. The Kier molecular flexibility index (Phi) is 5.13. The summed E-state index contributed by atoms with van der Waals surface area (Å²) in [7, 11) is 0. The fraction of sp³-hybridized carbons (Fsp3) is 0.259. The van der Waals surface area contributed by atoms with E-state index in [0.29, 0.717) is 29.4 Å². The molecule has 2 N–H and O–H groups in total. The Balaban J connectivity index is 1.48. The lowest BCUT2D eigenvalue weighted by Crippen LogP contribution is -2.57. The quantitative estimate of drug-likeness (QED) is 0.545. The number of hydrazine groups is 1. The molecule has 1 saturated heterocycles. The van der Waals surface area contributed by atoms with Crippen LogP contribution in [0.4, 0.5) is 5.69 Å². The molecule has 3 aliphatic heterocycles. The van der Waals surface area contributed by atoms with E-state index in [9.17, 15) is 29.4 Å². The van der Waals surface area contributed by atoms with Gasteiger partial charge in [0, 0.05) is 41.1 Å². The molecule has 182 valence electrons. The van der Waals surface area contributed by atoms with Crippen molar-refractivity contribution < 1.29 is 29.4 Å². The summed E-state index contributed by atoms with van der Waals surface area (Å²) in [6.07, 6.45) is 3.01. The van der Waals surface area contributed by atoms with E-state index < -0.39 is 23.6 Å². The fourth-order valence-corrected chi connectivity index (χ4v) is 5.62. The number of phenolic OH excluding ortho intramolecular Hbond substituents is 1. The van der Waals surface area contributed by atoms with Crippen molar-refractivity contribution in [2.45, 2.75) is 31.7 Å². The third-order valence-electron chi connectivity index (χ3n) is 7.30. The Labute approximate surface area is 206 Å². The summed E-state index contributed by atoms with van der Waals surface area (Å²) >= 11 is 0. The van der Waals surface area contributed by atoms with E-state index in [1.54, 1.807) is 17.1 Å². The van der Waals surface area contributed by atoms with Gasteiger partial charge in [0.15, 0.2) is 0 Å². The van der Waals surface area contributed by atoms with Gasteiger partial charge in [0.1, 0.15) is 5.75 Å². The van der Waals surface area contributed by atoms with Gasteiger partial charge in [-0.1, -0.05) is 6.42 Å². The standard InChI is InChI=1S/C27H23N3O6/c31-14-12-15-3-1-2-13-28(15)30-26(35)20-10-8-18-22-19(9-11-21(23(20)22)27(30)36)25(34)29(24(18)33)16-4-6-17(32)7-5-16/h4-11,15,31-32H,1-3,12-14H2. The number of nitrogens with zero attached hydrogens (tertiary/aromatic N) is 3. The molecule has 1 unspecified atom stereocenters. The Bertz CT molecular complexity index is 1390. The van der Waals surface area contributed by atoms with Crippen LogP contribution in [0.2, 0.25) is 0 Å². The number of piperidine rings is 1. The molecular formula is C27H23N3O6. The van der Waals surface area contributed by atoms with Crippen LogP contribution in [-0.4, -0.2) is 63.1 Å². The van der Waals surface area contributed by atoms with Gasteiger partial charge in [-0.2, -0.15) is 0 Å². The van der Waals surface area contributed by atoms with Crippen LogP contribution in [0.15, 0.2) is 48.5 Å². The number of rotatable bonds is 4. The molecule has 3 aliphatic rings. The Morgan fingerprint density at radius 3 is 1.78 bits per heavy atom. The molecule has 1 atom stereocenters. The highest BCUT2D eigenvalue weighted by Crippen LogP contribution is 2.40. The molecule has 6 rings (SSSR count). The lowest BCUT2D eigenvalue weighted by atomic mass is 9.86. The van der Waals surface area contributed by atoms with E-state index in [-0.39, 0.29) is 40.7 Å².